The summed E-state index contributed by atoms with van der Waals surface area (Å²) in [7, 11) is 0. The van der Waals surface area contributed by atoms with Crippen molar-refractivity contribution in [2.45, 2.75) is 11.8 Å². The third kappa shape index (κ3) is 3.08. The molecular weight excluding hydrogens is 287 g/mol. The molecule has 2 rings (SSSR count). The molecule has 1 heterocycles. The lowest BCUT2D eigenvalue weighted by Gasteiger charge is -2.31. The highest BCUT2D eigenvalue weighted by Gasteiger charge is 2.55. The second-order valence-corrected chi connectivity index (χ2v) is 4.38. The third-order valence-electron chi connectivity index (χ3n) is 2.97. The van der Waals surface area contributed by atoms with Crippen molar-refractivity contribution in [2.24, 2.45) is 0 Å². The second kappa shape index (κ2) is 5.61. The molecule has 2 aromatic rings. The van der Waals surface area contributed by atoms with Gasteiger partial charge in [0, 0.05) is 0 Å². The van der Waals surface area contributed by atoms with Crippen LogP contribution in [0.5, 0.6) is 0 Å². The van der Waals surface area contributed by atoms with Gasteiger partial charge in [-0.05, 0) is 17.7 Å². The fourth-order valence-electron chi connectivity index (χ4n) is 1.78. The summed E-state index contributed by atoms with van der Waals surface area (Å²) in [5, 5.41) is 12.0. The van der Waals surface area contributed by atoms with Crippen LogP contribution in [-0.4, -0.2) is 23.7 Å². The first kappa shape index (κ1) is 15.1. The molecule has 7 heteroatoms. The zero-order valence-electron chi connectivity index (χ0n) is 10.7. The maximum atomic E-state index is 13.2. The summed E-state index contributed by atoms with van der Waals surface area (Å²) < 4.78 is 44.3. The summed E-state index contributed by atoms with van der Waals surface area (Å²) in [4.78, 5) is 11.6. The lowest BCUT2D eigenvalue weighted by molar-refractivity contribution is -0.263. The number of hydrogen-bond acceptors (Lipinski definition) is 3. The predicted octanol–water partition coefficient (Wildman–Crippen LogP) is 2.46. The lowest BCUT2D eigenvalue weighted by Crippen LogP contribution is -2.51. The standard InChI is InChI=1S/C14H12F3NO3/c15-14(16,17)13(20,10-5-2-1-3-6-10)9-18-12(19)11-7-4-8-21-11/h1-8,20H,9H2,(H,18,19). The summed E-state index contributed by atoms with van der Waals surface area (Å²) in [5.41, 5.74) is -3.52. The predicted molar refractivity (Wildman–Crippen MR) is 67.4 cm³/mol. The summed E-state index contributed by atoms with van der Waals surface area (Å²) in [6, 6.07) is 9.31. The topological polar surface area (TPSA) is 62.5 Å². The van der Waals surface area contributed by atoms with E-state index in [-0.39, 0.29) is 11.3 Å². The van der Waals surface area contributed by atoms with E-state index in [2.05, 4.69) is 0 Å². The first-order valence-corrected chi connectivity index (χ1v) is 6.01. The van der Waals surface area contributed by atoms with E-state index in [1.807, 2.05) is 5.32 Å². The molecule has 0 bridgehead atoms. The molecule has 0 aliphatic carbocycles. The van der Waals surface area contributed by atoms with Gasteiger partial charge >= 0.3 is 6.18 Å². The normalized spacial score (nSPS) is 14.5. The van der Waals surface area contributed by atoms with Crippen molar-refractivity contribution in [3.8, 4) is 0 Å². The molecule has 0 saturated heterocycles. The van der Waals surface area contributed by atoms with Gasteiger partial charge in [-0.25, -0.2) is 0 Å². The van der Waals surface area contributed by atoms with Crippen molar-refractivity contribution in [3.05, 3.63) is 60.1 Å². The van der Waals surface area contributed by atoms with Gasteiger partial charge in [0.05, 0.1) is 12.8 Å². The van der Waals surface area contributed by atoms with E-state index < -0.39 is 24.2 Å². The molecule has 0 aliphatic rings. The minimum absolute atomic E-state index is 0.132. The van der Waals surface area contributed by atoms with E-state index >= 15 is 0 Å². The van der Waals surface area contributed by atoms with Crippen molar-refractivity contribution in [3.63, 3.8) is 0 Å². The van der Waals surface area contributed by atoms with E-state index in [0.29, 0.717) is 0 Å². The molecule has 1 atom stereocenters. The Labute approximate surface area is 118 Å². The summed E-state index contributed by atoms with van der Waals surface area (Å²) >= 11 is 0. The number of rotatable bonds is 4. The van der Waals surface area contributed by atoms with Crippen LogP contribution in [0.3, 0.4) is 0 Å². The molecule has 112 valence electrons. The number of carbonyl (C=O) groups excluding carboxylic acids is 1. The van der Waals surface area contributed by atoms with Crippen LogP contribution in [-0.2, 0) is 5.60 Å². The smallest absolute Gasteiger partial charge is 0.423 e. The maximum absolute atomic E-state index is 13.2. The Kier molecular flexibility index (Phi) is 4.04. The molecule has 1 amide bonds. The Hall–Kier alpha value is -2.28. The summed E-state index contributed by atoms with van der Waals surface area (Å²) in [6.45, 7) is -1.01. The molecule has 0 aliphatic heterocycles. The molecule has 1 aromatic heterocycles. The summed E-state index contributed by atoms with van der Waals surface area (Å²) in [5.74, 6) is -0.966. The Morgan fingerprint density at radius 1 is 1.14 bits per heavy atom. The highest BCUT2D eigenvalue weighted by molar-refractivity contribution is 5.91. The minimum atomic E-state index is -4.94. The molecule has 0 radical (unpaired) electrons. The van der Waals surface area contributed by atoms with Crippen LogP contribution >= 0.6 is 0 Å². The Balaban J connectivity index is 2.20. The number of aliphatic hydroxyl groups is 1. The van der Waals surface area contributed by atoms with Gasteiger partial charge in [-0.1, -0.05) is 30.3 Å². The van der Waals surface area contributed by atoms with Crippen LogP contribution < -0.4 is 5.32 Å². The molecule has 0 saturated carbocycles. The van der Waals surface area contributed by atoms with E-state index in [4.69, 9.17) is 4.42 Å². The van der Waals surface area contributed by atoms with Gasteiger partial charge < -0.3 is 14.8 Å². The van der Waals surface area contributed by atoms with Crippen molar-refractivity contribution in [1.82, 2.24) is 5.32 Å². The molecule has 4 nitrogen and oxygen atoms in total. The quantitative estimate of drug-likeness (QED) is 0.911. The SMILES string of the molecule is O=C(NCC(O)(c1ccccc1)C(F)(F)F)c1ccco1. The van der Waals surface area contributed by atoms with E-state index in [1.54, 1.807) is 0 Å². The molecule has 0 fully saturated rings. The molecule has 1 unspecified atom stereocenters. The number of furan rings is 1. The van der Waals surface area contributed by atoms with Crippen LogP contribution in [0.25, 0.3) is 0 Å². The average Bonchev–Trinajstić information content (AvgIpc) is 2.98. The largest absolute Gasteiger partial charge is 0.459 e. The van der Waals surface area contributed by atoms with Crippen molar-refractivity contribution >= 4 is 5.91 Å². The zero-order chi connectivity index (χ0) is 15.5. The van der Waals surface area contributed by atoms with Gasteiger partial charge in [0.2, 0.25) is 5.60 Å². The first-order chi connectivity index (χ1) is 9.84. The highest BCUT2D eigenvalue weighted by atomic mass is 19.4. The van der Waals surface area contributed by atoms with Gasteiger partial charge in [0.1, 0.15) is 0 Å². The molecule has 2 N–H and O–H groups in total. The Bertz CT molecular complexity index is 596. The zero-order valence-corrected chi connectivity index (χ0v) is 10.7. The number of carbonyl (C=O) groups is 1. The van der Waals surface area contributed by atoms with Crippen LogP contribution in [0.4, 0.5) is 13.2 Å². The highest BCUT2D eigenvalue weighted by Crippen LogP contribution is 2.38. The second-order valence-electron chi connectivity index (χ2n) is 4.38. The van der Waals surface area contributed by atoms with Crippen LogP contribution in [0, 0.1) is 0 Å². The van der Waals surface area contributed by atoms with Gasteiger partial charge in [-0.2, -0.15) is 13.2 Å². The Morgan fingerprint density at radius 2 is 1.81 bits per heavy atom. The van der Waals surface area contributed by atoms with Gasteiger partial charge in [0.15, 0.2) is 5.76 Å². The molecule has 21 heavy (non-hydrogen) atoms. The fourth-order valence-corrected chi connectivity index (χ4v) is 1.78. The van der Waals surface area contributed by atoms with Crippen molar-refractivity contribution in [2.75, 3.05) is 6.54 Å². The molecule has 0 spiro atoms. The number of benzene rings is 1. The number of hydrogen-bond donors (Lipinski definition) is 2. The third-order valence-corrected chi connectivity index (χ3v) is 2.97. The van der Waals surface area contributed by atoms with Crippen molar-refractivity contribution in [1.29, 1.82) is 0 Å². The van der Waals surface area contributed by atoms with Gasteiger partial charge in [-0.15, -0.1) is 0 Å². The molecular formula is C14H12F3NO3. The fraction of sp³-hybridized carbons (Fsp3) is 0.214. The van der Waals surface area contributed by atoms with Gasteiger partial charge in [-0.3, -0.25) is 4.79 Å². The van der Waals surface area contributed by atoms with Crippen molar-refractivity contribution < 1.29 is 27.5 Å². The minimum Gasteiger partial charge on any atom is -0.459 e. The van der Waals surface area contributed by atoms with Crippen LogP contribution in [0.1, 0.15) is 16.1 Å². The van der Waals surface area contributed by atoms with Crippen LogP contribution in [0.2, 0.25) is 0 Å². The molecule has 1 aromatic carbocycles. The Morgan fingerprint density at radius 3 is 2.33 bits per heavy atom. The number of halogens is 3. The van der Waals surface area contributed by atoms with E-state index in [9.17, 15) is 23.1 Å². The number of amides is 1. The van der Waals surface area contributed by atoms with Gasteiger partial charge in [0.25, 0.3) is 5.91 Å². The monoisotopic (exact) mass is 299 g/mol. The lowest BCUT2D eigenvalue weighted by atomic mass is 9.93. The number of alkyl halides is 3. The van der Waals surface area contributed by atoms with Crippen LogP contribution in [0.15, 0.2) is 53.1 Å². The maximum Gasteiger partial charge on any atom is 0.423 e. The number of nitrogens with one attached hydrogen (secondary N) is 1. The van der Waals surface area contributed by atoms with E-state index in [1.165, 1.54) is 36.6 Å². The van der Waals surface area contributed by atoms with E-state index in [0.717, 1.165) is 12.1 Å². The average molecular weight is 299 g/mol. The first-order valence-electron chi connectivity index (χ1n) is 6.01. The summed E-state index contributed by atoms with van der Waals surface area (Å²) in [6.07, 6.45) is -3.72.